The summed E-state index contributed by atoms with van der Waals surface area (Å²) in [6.45, 7) is 1.80. The lowest BCUT2D eigenvalue weighted by Gasteiger charge is -2.31. The van der Waals surface area contributed by atoms with E-state index in [-0.39, 0.29) is 19.3 Å². The monoisotopic (exact) mass is 670 g/mol. The fraction of sp³-hybridized carbons (Fsp3) is 0.829. The Morgan fingerprint density at radius 2 is 1.17 bits per heavy atom. The summed E-state index contributed by atoms with van der Waals surface area (Å²) < 4.78 is 6.71. The predicted octanol–water partition coefficient (Wildman–Crippen LogP) is 5.67. The number of aromatic amines is 1. The molecule has 1 saturated heterocycles. The number of hydrogen-bond donors (Lipinski definition) is 6. The zero-order valence-corrected chi connectivity index (χ0v) is 28.6. The molecule has 0 aromatic carbocycles. The molecule has 1 aromatic rings. The van der Waals surface area contributed by atoms with E-state index in [2.05, 4.69) is 11.9 Å². The third-order valence-corrected chi connectivity index (χ3v) is 8.86. The van der Waals surface area contributed by atoms with E-state index in [9.17, 15) is 34.5 Å². The summed E-state index contributed by atoms with van der Waals surface area (Å²) in [5.41, 5.74) is -2.99. The Balaban J connectivity index is 0.00000122. The average molecular weight is 671 g/mol. The van der Waals surface area contributed by atoms with Gasteiger partial charge in [0.05, 0.1) is 19.4 Å². The number of nitrogens with one attached hydrogen (secondary N) is 1. The fourth-order valence-corrected chi connectivity index (χ4v) is 6.04. The summed E-state index contributed by atoms with van der Waals surface area (Å²) >= 11 is 0. The first-order valence-electron chi connectivity index (χ1n) is 18.0. The molecule has 2 heterocycles. The van der Waals surface area contributed by atoms with Gasteiger partial charge >= 0.3 is 17.6 Å². The zero-order chi connectivity index (χ0) is 34.9. The van der Waals surface area contributed by atoms with E-state index in [1.165, 1.54) is 115 Å². The maximum Gasteiger partial charge on any atom is 0.330 e. The number of unbranched alkanes of at least 4 members (excludes halogenated alkanes) is 19. The SMILES string of the molecule is CCCCCCCCCCCCCCCCCCCCCC[C@@]1(O)[C@H](O)[C@@H](CO)O[C@H]1n1ccc(=O)[nH]c1=O.O=C(O)CCC(=O)O. The molecule has 47 heavy (non-hydrogen) atoms. The van der Waals surface area contributed by atoms with Crippen molar-refractivity contribution < 1.29 is 39.9 Å². The lowest BCUT2D eigenvalue weighted by Crippen LogP contribution is -2.49. The molecule has 12 heteroatoms. The molecule has 4 atom stereocenters. The van der Waals surface area contributed by atoms with E-state index in [0.29, 0.717) is 6.42 Å². The lowest BCUT2D eigenvalue weighted by molar-refractivity contribution is -0.143. The number of aromatic nitrogens is 2. The number of aliphatic carboxylic acids is 2. The first kappa shape index (κ1) is 42.5. The van der Waals surface area contributed by atoms with Crippen molar-refractivity contribution in [3.8, 4) is 0 Å². The highest BCUT2D eigenvalue weighted by Gasteiger charge is 2.55. The highest BCUT2D eigenvalue weighted by molar-refractivity contribution is 5.75. The van der Waals surface area contributed by atoms with Crippen LogP contribution in [0.25, 0.3) is 0 Å². The molecule has 2 rings (SSSR count). The Bertz CT molecular complexity index is 1080. The van der Waals surface area contributed by atoms with Crippen LogP contribution >= 0.6 is 0 Å². The maximum absolute atomic E-state index is 12.2. The number of rotatable bonds is 26. The van der Waals surface area contributed by atoms with Gasteiger partial charge in [-0.15, -0.1) is 0 Å². The molecule has 0 saturated carbocycles. The van der Waals surface area contributed by atoms with Crippen LogP contribution in [0.2, 0.25) is 0 Å². The molecule has 12 nitrogen and oxygen atoms in total. The number of H-pyrrole nitrogens is 1. The molecule has 1 aliphatic heterocycles. The van der Waals surface area contributed by atoms with Gasteiger partial charge < -0.3 is 30.3 Å². The normalized spacial score (nSPS) is 20.6. The van der Waals surface area contributed by atoms with Gasteiger partial charge in [-0.2, -0.15) is 0 Å². The molecule has 0 amide bonds. The highest BCUT2D eigenvalue weighted by Crippen LogP contribution is 2.41. The largest absolute Gasteiger partial charge is 0.481 e. The Morgan fingerprint density at radius 1 is 0.766 bits per heavy atom. The van der Waals surface area contributed by atoms with Crippen LogP contribution in [0.5, 0.6) is 0 Å². The minimum Gasteiger partial charge on any atom is -0.481 e. The van der Waals surface area contributed by atoms with E-state index in [1.807, 2.05) is 0 Å². The van der Waals surface area contributed by atoms with Gasteiger partial charge in [0.1, 0.15) is 17.8 Å². The van der Waals surface area contributed by atoms with E-state index in [4.69, 9.17) is 14.9 Å². The second-order valence-electron chi connectivity index (χ2n) is 12.9. The van der Waals surface area contributed by atoms with Crippen molar-refractivity contribution in [3.63, 3.8) is 0 Å². The number of ether oxygens (including phenoxy) is 1. The number of carboxylic acids is 2. The van der Waals surface area contributed by atoms with Crippen LogP contribution < -0.4 is 11.2 Å². The van der Waals surface area contributed by atoms with E-state index in [1.54, 1.807) is 0 Å². The second kappa shape index (κ2) is 25.5. The van der Waals surface area contributed by atoms with E-state index in [0.717, 1.165) is 23.8 Å². The molecular formula is C35H62N2O10. The van der Waals surface area contributed by atoms with Crippen molar-refractivity contribution in [2.24, 2.45) is 0 Å². The Morgan fingerprint density at radius 3 is 1.53 bits per heavy atom. The summed E-state index contributed by atoms with van der Waals surface area (Å²) in [4.78, 5) is 45.1. The van der Waals surface area contributed by atoms with Crippen molar-refractivity contribution in [2.45, 2.75) is 179 Å². The van der Waals surface area contributed by atoms with Gasteiger partial charge in [0, 0.05) is 12.3 Å². The highest BCUT2D eigenvalue weighted by atomic mass is 16.6. The topological polar surface area (TPSA) is 199 Å². The predicted molar refractivity (Wildman–Crippen MR) is 180 cm³/mol. The molecule has 1 fully saturated rings. The van der Waals surface area contributed by atoms with E-state index >= 15 is 0 Å². The van der Waals surface area contributed by atoms with Crippen LogP contribution in [0.3, 0.4) is 0 Å². The molecule has 0 radical (unpaired) electrons. The number of nitrogens with zero attached hydrogens (tertiary/aromatic N) is 1. The molecule has 6 N–H and O–H groups in total. The van der Waals surface area contributed by atoms with Crippen molar-refractivity contribution in [3.05, 3.63) is 33.1 Å². The Labute approximate surface area is 279 Å². The smallest absolute Gasteiger partial charge is 0.330 e. The molecule has 272 valence electrons. The first-order valence-corrected chi connectivity index (χ1v) is 18.0. The first-order chi connectivity index (χ1) is 22.6. The third kappa shape index (κ3) is 18.0. The molecule has 0 aliphatic carbocycles. The van der Waals surface area contributed by atoms with Crippen LogP contribution in [-0.4, -0.2) is 71.4 Å². The summed E-state index contributed by atoms with van der Waals surface area (Å²) in [5, 5.41) is 47.2. The molecule has 0 unspecified atom stereocenters. The summed E-state index contributed by atoms with van der Waals surface area (Å²) in [5.74, 6) is -2.15. The van der Waals surface area contributed by atoms with Gasteiger partial charge in [0.25, 0.3) is 5.56 Å². The van der Waals surface area contributed by atoms with Crippen molar-refractivity contribution >= 4 is 11.9 Å². The molecular weight excluding hydrogens is 608 g/mol. The minimum absolute atomic E-state index is 0.236. The van der Waals surface area contributed by atoms with Gasteiger partial charge in [0.2, 0.25) is 0 Å². The summed E-state index contributed by atoms with van der Waals surface area (Å²) in [7, 11) is 0. The van der Waals surface area contributed by atoms with Crippen LogP contribution in [0.4, 0.5) is 0 Å². The van der Waals surface area contributed by atoms with Gasteiger partial charge in [-0.1, -0.05) is 135 Å². The van der Waals surface area contributed by atoms with Gasteiger partial charge in [-0.3, -0.25) is 23.9 Å². The van der Waals surface area contributed by atoms with Gasteiger partial charge in [-0.05, 0) is 6.42 Å². The second-order valence-corrected chi connectivity index (χ2v) is 12.9. The summed E-state index contributed by atoms with van der Waals surface area (Å²) in [6, 6.07) is 1.17. The lowest BCUT2D eigenvalue weighted by atomic mass is 9.88. The molecule has 1 aliphatic rings. The van der Waals surface area contributed by atoms with Crippen molar-refractivity contribution in [2.75, 3.05) is 6.61 Å². The number of carboxylic acid groups (broad SMARTS) is 2. The molecule has 0 spiro atoms. The average Bonchev–Trinajstić information content (AvgIpc) is 3.28. The third-order valence-electron chi connectivity index (χ3n) is 8.86. The number of aliphatic hydroxyl groups is 3. The maximum atomic E-state index is 12.2. The molecule has 1 aromatic heterocycles. The standard InChI is InChI=1S/C31H56N2O6.C4H6O4/c1-2-3-4-5-6-7-8-9-10-11-12-13-14-15-16-17-18-19-20-21-23-31(38)28(36)26(25-34)39-29(31)33-24-22-27(35)32-30(33)37;5-3(6)1-2-4(7)8/h22,24,26,28-29,34,36,38H,2-21,23,25H2,1H3,(H,32,35,37);1-2H2,(H,5,6)(H,7,8)/t26-,28-,29-,31-;/m1./s1. The minimum atomic E-state index is -1.72. The Hall–Kier alpha value is -2.54. The van der Waals surface area contributed by atoms with Crippen LogP contribution in [0.1, 0.15) is 161 Å². The van der Waals surface area contributed by atoms with Gasteiger partial charge in [0.15, 0.2) is 6.23 Å². The van der Waals surface area contributed by atoms with E-state index < -0.39 is 53.8 Å². The van der Waals surface area contributed by atoms with Crippen LogP contribution in [0, 0.1) is 0 Å². The van der Waals surface area contributed by atoms with Gasteiger partial charge in [-0.25, -0.2) is 4.79 Å². The number of hydrogen-bond acceptors (Lipinski definition) is 8. The quantitative estimate of drug-likeness (QED) is 0.0668. The Kier molecular flexibility index (Phi) is 23.0. The van der Waals surface area contributed by atoms with Crippen molar-refractivity contribution in [1.82, 2.24) is 9.55 Å². The van der Waals surface area contributed by atoms with Crippen LogP contribution in [0.15, 0.2) is 21.9 Å². The summed E-state index contributed by atoms with van der Waals surface area (Å²) in [6.07, 6.45) is 23.1. The van der Waals surface area contributed by atoms with Crippen LogP contribution in [-0.2, 0) is 14.3 Å². The number of carbonyl (C=O) groups is 2. The number of aliphatic hydroxyl groups excluding tert-OH is 2. The fourth-order valence-electron chi connectivity index (χ4n) is 6.04. The van der Waals surface area contributed by atoms with Crippen molar-refractivity contribution in [1.29, 1.82) is 0 Å². The molecule has 0 bridgehead atoms. The zero-order valence-electron chi connectivity index (χ0n) is 28.6.